The molecule has 8 nitrogen and oxygen atoms in total. The number of nitriles is 1. The van der Waals surface area contributed by atoms with E-state index in [-0.39, 0.29) is 12.5 Å². The number of ether oxygens (including phenoxy) is 3. The van der Waals surface area contributed by atoms with Gasteiger partial charge in [-0.3, -0.25) is 9.59 Å². The lowest BCUT2D eigenvalue weighted by molar-refractivity contribution is -0.140. The summed E-state index contributed by atoms with van der Waals surface area (Å²) < 4.78 is 28.9. The van der Waals surface area contributed by atoms with Crippen LogP contribution in [-0.2, 0) is 9.59 Å². The van der Waals surface area contributed by atoms with Gasteiger partial charge in [-0.1, -0.05) is 6.07 Å². The lowest BCUT2D eigenvalue weighted by Crippen LogP contribution is -2.48. The summed E-state index contributed by atoms with van der Waals surface area (Å²) in [5.41, 5.74) is 0.536. The molecule has 2 aromatic carbocycles. The Morgan fingerprint density at radius 3 is 2.56 bits per heavy atom. The van der Waals surface area contributed by atoms with Crippen LogP contribution in [0.3, 0.4) is 0 Å². The van der Waals surface area contributed by atoms with E-state index in [0.29, 0.717) is 42.2 Å². The van der Waals surface area contributed by atoms with Crippen LogP contribution in [0.2, 0.25) is 0 Å². The Bertz CT molecular complexity index is 1010. The van der Waals surface area contributed by atoms with Gasteiger partial charge >= 0.3 is 0 Å². The maximum absolute atomic E-state index is 13.0. The van der Waals surface area contributed by atoms with E-state index in [9.17, 15) is 19.2 Å². The minimum Gasteiger partial charge on any atom is -0.493 e. The predicted octanol–water partition coefficient (Wildman–Crippen LogP) is 2.59. The first kappa shape index (κ1) is 22.9. The molecule has 1 N–H and O–H groups in total. The van der Waals surface area contributed by atoms with Gasteiger partial charge in [-0.2, -0.15) is 5.26 Å². The maximum Gasteiger partial charge on any atom is 0.261 e. The number of methoxy groups -OCH3 is 2. The summed E-state index contributed by atoms with van der Waals surface area (Å²) in [6.45, 7) is 0.143. The van der Waals surface area contributed by atoms with E-state index >= 15 is 0 Å². The summed E-state index contributed by atoms with van der Waals surface area (Å²) in [6, 6.07) is 10.7. The molecule has 2 aromatic rings. The van der Waals surface area contributed by atoms with Crippen molar-refractivity contribution in [3.8, 4) is 23.3 Å². The molecule has 2 atom stereocenters. The summed E-state index contributed by atoms with van der Waals surface area (Å²) in [4.78, 5) is 27.0. The number of carbonyl (C=O) groups is 2. The number of nitrogens with one attached hydrogen (secondary N) is 1. The van der Waals surface area contributed by atoms with Gasteiger partial charge in [-0.25, -0.2) is 4.39 Å². The molecule has 1 heterocycles. The number of rotatable bonds is 8. The van der Waals surface area contributed by atoms with Gasteiger partial charge in [0.15, 0.2) is 18.1 Å². The van der Waals surface area contributed by atoms with Crippen molar-refractivity contribution in [1.29, 1.82) is 5.26 Å². The van der Waals surface area contributed by atoms with Crippen LogP contribution in [0.5, 0.6) is 17.2 Å². The molecule has 9 heteroatoms. The topological polar surface area (TPSA) is 101 Å². The molecule has 32 heavy (non-hydrogen) atoms. The highest BCUT2D eigenvalue weighted by Crippen LogP contribution is 2.30. The number of hydrogen-bond donors (Lipinski definition) is 1. The number of hydrogen-bond acceptors (Lipinski definition) is 6. The van der Waals surface area contributed by atoms with Crippen molar-refractivity contribution in [2.24, 2.45) is 0 Å². The number of nitrogens with zero attached hydrogens (tertiary/aromatic N) is 2. The molecule has 1 aliphatic rings. The SMILES string of the molecule is COc1ccc(C(C#N)NC(=O)[C@@H]2CCCN2C(=O)COc2ccc(F)cc2)cc1OC. The second-order valence-corrected chi connectivity index (χ2v) is 7.17. The zero-order valence-electron chi connectivity index (χ0n) is 17.8. The molecular formula is C23H24FN3O5. The standard InChI is InChI=1S/C23H24FN3O5/c1-30-20-10-5-15(12-21(20)31-2)18(13-25)26-23(29)19-4-3-11-27(19)22(28)14-32-17-8-6-16(24)7-9-17/h5-10,12,18-19H,3-4,11,14H2,1-2H3,(H,26,29)/t18?,19-/m0/s1. The Balaban J connectivity index is 1.64. The Kier molecular flexibility index (Phi) is 7.49. The van der Waals surface area contributed by atoms with Gasteiger partial charge in [-0.05, 0) is 54.8 Å². The number of carbonyl (C=O) groups excluding carboxylic acids is 2. The van der Waals surface area contributed by atoms with Crippen molar-refractivity contribution < 1.29 is 28.2 Å². The first-order valence-electron chi connectivity index (χ1n) is 10.1. The predicted molar refractivity (Wildman–Crippen MR) is 113 cm³/mol. The molecule has 2 amide bonds. The molecule has 0 aliphatic carbocycles. The third kappa shape index (κ3) is 5.27. The second kappa shape index (κ2) is 10.5. The molecule has 1 unspecified atom stereocenters. The first-order chi connectivity index (χ1) is 15.5. The zero-order chi connectivity index (χ0) is 23.1. The van der Waals surface area contributed by atoms with Crippen LogP contribution < -0.4 is 19.5 Å². The van der Waals surface area contributed by atoms with Crippen LogP contribution in [-0.4, -0.2) is 50.1 Å². The summed E-state index contributed by atoms with van der Waals surface area (Å²) in [7, 11) is 2.99. The Labute approximate surface area is 185 Å². The number of halogens is 1. The van der Waals surface area contributed by atoms with Crippen molar-refractivity contribution in [3.05, 3.63) is 53.8 Å². The van der Waals surface area contributed by atoms with E-state index in [2.05, 4.69) is 11.4 Å². The molecule has 1 saturated heterocycles. The smallest absolute Gasteiger partial charge is 0.261 e. The number of benzene rings is 2. The van der Waals surface area contributed by atoms with Crippen molar-refractivity contribution in [2.45, 2.75) is 24.9 Å². The first-order valence-corrected chi connectivity index (χ1v) is 10.1. The van der Waals surface area contributed by atoms with Gasteiger partial charge < -0.3 is 24.4 Å². The lowest BCUT2D eigenvalue weighted by Gasteiger charge is -2.25. The van der Waals surface area contributed by atoms with E-state index in [0.717, 1.165) is 0 Å². The van der Waals surface area contributed by atoms with Gasteiger partial charge in [0.1, 0.15) is 23.7 Å². The van der Waals surface area contributed by atoms with Gasteiger partial charge in [-0.15, -0.1) is 0 Å². The van der Waals surface area contributed by atoms with Gasteiger partial charge in [0.25, 0.3) is 5.91 Å². The minimum atomic E-state index is -0.921. The maximum atomic E-state index is 13.0. The van der Waals surface area contributed by atoms with Crippen LogP contribution in [0.15, 0.2) is 42.5 Å². The van der Waals surface area contributed by atoms with Crippen LogP contribution >= 0.6 is 0 Å². The fourth-order valence-electron chi connectivity index (χ4n) is 3.56. The molecule has 1 aliphatic heterocycles. The Morgan fingerprint density at radius 2 is 1.91 bits per heavy atom. The van der Waals surface area contributed by atoms with Gasteiger partial charge in [0.2, 0.25) is 5.91 Å². The average molecular weight is 441 g/mol. The molecule has 0 bridgehead atoms. The van der Waals surface area contributed by atoms with Crippen LogP contribution in [0.4, 0.5) is 4.39 Å². The van der Waals surface area contributed by atoms with Crippen LogP contribution in [0.1, 0.15) is 24.4 Å². The fourth-order valence-corrected chi connectivity index (χ4v) is 3.56. The molecule has 3 rings (SSSR count). The van der Waals surface area contributed by atoms with Crippen molar-refractivity contribution >= 4 is 11.8 Å². The van der Waals surface area contributed by atoms with E-state index in [1.54, 1.807) is 18.2 Å². The fraction of sp³-hybridized carbons (Fsp3) is 0.348. The molecule has 0 aromatic heterocycles. The number of likely N-dealkylation sites (tertiary alicyclic amines) is 1. The molecule has 0 spiro atoms. The third-order valence-corrected chi connectivity index (χ3v) is 5.21. The third-order valence-electron chi connectivity index (χ3n) is 5.21. The Morgan fingerprint density at radius 1 is 1.19 bits per heavy atom. The molecule has 1 fully saturated rings. The van der Waals surface area contributed by atoms with Crippen molar-refractivity contribution in [2.75, 3.05) is 27.4 Å². The van der Waals surface area contributed by atoms with Gasteiger partial charge in [0, 0.05) is 6.54 Å². The largest absolute Gasteiger partial charge is 0.493 e. The van der Waals surface area contributed by atoms with E-state index in [1.165, 1.54) is 43.4 Å². The van der Waals surface area contributed by atoms with Crippen molar-refractivity contribution in [1.82, 2.24) is 10.2 Å². The van der Waals surface area contributed by atoms with Crippen LogP contribution in [0.25, 0.3) is 0 Å². The normalized spacial score (nSPS) is 16.1. The summed E-state index contributed by atoms with van der Waals surface area (Å²) >= 11 is 0. The molecule has 0 saturated carbocycles. The quantitative estimate of drug-likeness (QED) is 0.676. The second-order valence-electron chi connectivity index (χ2n) is 7.17. The number of amides is 2. The van der Waals surface area contributed by atoms with Crippen LogP contribution in [0, 0.1) is 17.1 Å². The minimum absolute atomic E-state index is 0.271. The average Bonchev–Trinajstić information content (AvgIpc) is 3.31. The zero-order valence-corrected chi connectivity index (χ0v) is 17.8. The van der Waals surface area contributed by atoms with E-state index in [1.807, 2.05) is 0 Å². The summed E-state index contributed by atoms with van der Waals surface area (Å²) in [5.74, 6) is 0.132. The summed E-state index contributed by atoms with van der Waals surface area (Å²) in [5, 5.41) is 12.3. The van der Waals surface area contributed by atoms with Crippen molar-refractivity contribution in [3.63, 3.8) is 0 Å². The Hall–Kier alpha value is -3.80. The molecule has 168 valence electrons. The highest BCUT2D eigenvalue weighted by molar-refractivity contribution is 5.89. The van der Waals surface area contributed by atoms with E-state index in [4.69, 9.17) is 14.2 Å². The summed E-state index contributed by atoms with van der Waals surface area (Å²) in [6.07, 6.45) is 1.14. The van der Waals surface area contributed by atoms with E-state index < -0.39 is 23.8 Å². The van der Waals surface area contributed by atoms with Gasteiger partial charge in [0.05, 0.1) is 20.3 Å². The molecular weight excluding hydrogens is 417 g/mol. The molecule has 0 radical (unpaired) electrons. The monoisotopic (exact) mass is 441 g/mol. The highest BCUT2D eigenvalue weighted by atomic mass is 19.1. The highest BCUT2D eigenvalue weighted by Gasteiger charge is 2.35. The lowest BCUT2D eigenvalue weighted by atomic mass is 10.1.